The van der Waals surface area contributed by atoms with Crippen molar-refractivity contribution in [3.8, 4) is 0 Å². The Hall–Kier alpha value is -1.88. The number of ether oxygens (including phenoxy) is 1. The smallest absolute Gasteiger partial charge is 0.331 e. The van der Waals surface area contributed by atoms with Gasteiger partial charge >= 0.3 is 5.97 Å². The summed E-state index contributed by atoms with van der Waals surface area (Å²) in [4.78, 5) is 23.4. The fraction of sp³-hybridized carbons (Fsp3) is 0.385. The van der Waals surface area contributed by atoms with Crippen LogP contribution in [0.25, 0.3) is 0 Å². The summed E-state index contributed by atoms with van der Waals surface area (Å²) in [7, 11) is 0. The highest BCUT2D eigenvalue weighted by Gasteiger charge is 2.27. The molecule has 0 unspecified atom stereocenters. The predicted octanol–water partition coefficient (Wildman–Crippen LogP) is 0.729. The fourth-order valence-electron chi connectivity index (χ4n) is 1.42. The molecule has 0 aliphatic rings. The Morgan fingerprint density at radius 2 is 1.94 bits per heavy atom. The third-order valence-corrected chi connectivity index (χ3v) is 2.35. The first-order valence-corrected chi connectivity index (χ1v) is 5.77. The Labute approximate surface area is 106 Å². The number of esters is 1. The molecule has 0 aromatic heterocycles. The molecule has 0 saturated heterocycles. The van der Waals surface area contributed by atoms with Gasteiger partial charge in [0, 0.05) is 5.56 Å². The zero-order valence-corrected chi connectivity index (χ0v) is 10.4. The Bertz CT molecular complexity index is 403. The number of nitrogens with one attached hydrogen (secondary N) is 1. The van der Waals surface area contributed by atoms with Crippen LogP contribution in [0, 0.1) is 0 Å². The minimum absolute atomic E-state index is 0.198. The zero-order chi connectivity index (χ0) is 13.5. The molecule has 98 valence electrons. The number of amides is 1. The van der Waals surface area contributed by atoms with Crippen molar-refractivity contribution in [1.29, 1.82) is 0 Å². The van der Waals surface area contributed by atoms with Crippen molar-refractivity contribution in [2.75, 3.05) is 6.61 Å². The van der Waals surface area contributed by atoms with E-state index in [2.05, 4.69) is 5.32 Å². The van der Waals surface area contributed by atoms with Crippen LogP contribution >= 0.6 is 0 Å². The van der Waals surface area contributed by atoms with E-state index in [0.29, 0.717) is 5.56 Å². The molecule has 0 radical (unpaired) electrons. The SMILES string of the molecule is CCOC(=O)[C@H](NC(=O)c1ccccc1)[C@H](C)O. The molecular weight excluding hydrogens is 234 g/mol. The van der Waals surface area contributed by atoms with Gasteiger partial charge in [-0.05, 0) is 26.0 Å². The number of hydrogen-bond acceptors (Lipinski definition) is 4. The van der Waals surface area contributed by atoms with Crippen LogP contribution in [0.15, 0.2) is 30.3 Å². The average Bonchev–Trinajstić information content (AvgIpc) is 2.36. The summed E-state index contributed by atoms with van der Waals surface area (Å²) in [5.74, 6) is -1.06. The van der Waals surface area contributed by atoms with Crippen LogP contribution in [-0.4, -0.2) is 35.7 Å². The average molecular weight is 251 g/mol. The largest absolute Gasteiger partial charge is 0.464 e. The van der Waals surface area contributed by atoms with Crippen LogP contribution < -0.4 is 5.32 Å². The summed E-state index contributed by atoms with van der Waals surface area (Å²) in [5.41, 5.74) is 0.424. The van der Waals surface area contributed by atoms with Crippen LogP contribution in [-0.2, 0) is 9.53 Å². The topological polar surface area (TPSA) is 75.6 Å². The molecule has 5 heteroatoms. The van der Waals surface area contributed by atoms with Crippen LogP contribution in [0.2, 0.25) is 0 Å². The second-order valence-electron chi connectivity index (χ2n) is 3.81. The number of carbonyl (C=O) groups is 2. The maximum Gasteiger partial charge on any atom is 0.331 e. The fourth-order valence-corrected chi connectivity index (χ4v) is 1.42. The van der Waals surface area contributed by atoms with Crippen molar-refractivity contribution in [2.45, 2.75) is 26.0 Å². The molecule has 1 aromatic rings. The number of hydrogen-bond donors (Lipinski definition) is 2. The standard InChI is InChI=1S/C13H17NO4/c1-3-18-13(17)11(9(2)15)14-12(16)10-7-5-4-6-8-10/h4-9,11,15H,3H2,1-2H3,(H,14,16)/t9-,11+/m0/s1. The van der Waals surface area contributed by atoms with E-state index in [4.69, 9.17) is 4.74 Å². The van der Waals surface area contributed by atoms with Crippen molar-refractivity contribution in [3.63, 3.8) is 0 Å². The molecule has 0 saturated carbocycles. The highest BCUT2D eigenvalue weighted by atomic mass is 16.5. The number of carbonyl (C=O) groups excluding carboxylic acids is 2. The summed E-state index contributed by atoms with van der Waals surface area (Å²) in [6.07, 6.45) is -1.02. The minimum Gasteiger partial charge on any atom is -0.464 e. The molecule has 1 rings (SSSR count). The third kappa shape index (κ3) is 3.85. The van der Waals surface area contributed by atoms with Gasteiger partial charge in [0.2, 0.25) is 0 Å². The Morgan fingerprint density at radius 3 is 2.44 bits per heavy atom. The van der Waals surface area contributed by atoms with Gasteiger partial charge in [0.15, 0.2) is 6.04 Å². The molecule has 2 atom stereocenters. The number of benzene rings is 1. The lowest BCUT2D eigenvalue weighted by Crippen LogP contribution is -2.48. The van der Waals surface area contributed by atoms with Crippen LogP contribution in [0.4, 0.5) is 0 Å². The first-order chi connectivity index (χ1) is 8.56. The van der Waals surface area contributed by atoms with E-state index < -0.39 is 24.0 Å². The molecular formula is C13H17NO4. The Kier molecular flexibility index (Phi) is 5.32. The molecule has 0 fully saturated rings. The predicted molar refractivity (Wildman–Crippen MR) is 66.0 cm³/mol. The molecule has 18 heavy (non-hydrogen) atoms. The number of rotatable bonds is 5. The molecule has 0 spiro atoms. The first-order valence-electron chi connectivity index (χ1n) is 5.77. The lowest BCUT2D eigenvalue weighted by atomic mass is 10.1. The second kappa shape index (κ2) is 6.76. The van der Waals surface area contributed by atoms with E-state index in [1.807, 2.05) is 0 Å². The van der Waals surface area contributed by atoms with Crippen LogP contribution in [0.5, 0.6) is 0 Å². The van der Waals surface area contributed by atoms with E-state index in [1.165, 1.54) is 6.92 Å². The Balaban J connectivity index is 2.73. The normalized spacial score (nSPS) is 13.5. The summed E-state index contributed by atoms with van der Waals surface area (Å²) < 4.78 is 4.79. The van der Waals surface area contributed by atoms with Gasteiger partial charge in [-0.1, -0.05) is 18.2 Å². The van der Waals surface area contributed by atoms with Gasteiger partial charge in [-0.3, -0.25) is 4.79 Å². The lowest BCUT2D eigenvalue weighted by Gasteiger charge is -2.19. The van der Waals surface area contributed by atoms with Crippen molar-refractivity contribution in [1.82, 2.24) is 5.32 Å². The van der Waals surface area contributed by atoms with Crippen molar-refractivity contribution >= 4 is 11.9 Å². The van der Waals surface area contributed by atoms with E-state index in [1.54, 1.807) is 37.3 Å². The summed E-state index contributed by atoms with van der Waals surface area (Å²) in [6.45, 7) is 3.28. The highest BCUT2D eigenvalue weighted by Crippen LogP contribution is 2.02. The number of aliphatic hydroxyl groups excluding tert-OH is 1. The second-order valence-corrected chi connectivity index (χ2v) is 3.81. The van der Waals surface area contributed by atoms with Gasteiger partial charge in [-0.2, -0.15) is 0 Å². The van der Waals surface area contributed by atoms with E-state index in [0.717, 1.165) is 0 Å². The quantitative estimate of drug-likeness (QED) is 0.756. The van der Waals surface area contributed by atoms with E-state index in [9.17, 15) is 14.7 Å². The van der Waals surface area contributed by atoms with Crippen molar-refractivity contribution in [2.24, 2.45) is 0 Å². The third-order valence-electron chi connectivity index (χ3n) is 2.35. The Morgan fingerprint density at radius 1 is 1.33 bits per heavy atom. The zero-order valence-electron chi connectivity index (χ0n) is 10.4. The van der Waals surface area contributed by atoms with Gasteiger partial charge in [0.05, 0.1) is 12.7 Å². The molecule has 1 aromatic carbocycles. The summed E-state index contributed by atoms with van der Waals surface area (Å²) in [6, 6.07) is 7.42. The molecule has 5 nitrogen and oxygen atoms in total. The molecule has 1 amide bonds. The molecule has 0 aliphatic carbocycles. The lowest BCUT2D eigenvalue weighted by molar-refractivity contribution is -0.148. The summed E-state index contributed by atoms with van der Waals surface area (Å²) >= 11 is 0. The van der Waals surface area contributed by atoms with Gasteiger partial charge < -0.3 is 15.2 Å². The van der Waals surface area contributed by atoms with E-state index in [-0.39, 0.29) is 6.61 Å². The van der Waals surface area contributed by atoms with Crippen molar-refractivity contribution in [3.05, 3.63) is 35.9 Å². The van der Waals surface area contributed by atoms with Crippen LogP contribution in [0.3, 0.4) is 0 Å². The van der Waals surface area contributed by atoms with Gasteiger partial charge in [0.1, 0.15) is 0 Å². The first kappa shape index (κ1) is 14.2. The van der Waals surface area contributed by atoms with Gasteiger partial charge in [-0.15, -0.1) is 0 Å². The maximum absolute atomic E-state index is 11.8. The molecule has 2 N–H and O–H groups in total. The van der Waals surface area contributed by atoms with Crippen molar-refractivity contribution < 1.29 is 19.4 Å². The molecule has 0 aliphatic heterocycles. The highest BCUT2D eigenvalue weighted by molar-refractivity contribution is 5.96. The molecule has 0 bridgehead atoms. The van der Waals surface area contributed by atoms with Gasteiger partial charge in [-0.25, -0.2) is 4.79 Å². The van der Waals surface area contributed by atoms with E-state index >= 15 is 0 Å². The van der Waals surface area contributed by atoms with Crippen LogP contribution in [0.1, 0.15) is 24.2 Å². The minimum atomic E-state index is -1.06. The number of aliphatic hydroxyl groups is 1. The maximum atomic E-state index is 11.8. The van der Waals surface area contributed by atoms with Gasteiger partial charge in [0.25, 0.3) is 5.91 Å². The monoisotopic (exact) mass is 251 g/mol. The summed E-state index contributed by atoms with van der Waals surface area (Å²) in [5, 5.41) is 11.9. The molecule has 0 heterocycles.